The molecule has 26 heavy (non-hydrogen) atoms. The summed E-state index contributed by atoms with van der Waals surface area (Å²) in [6.07, 6.45) is 0.683. The van der Waals surface area contributed by atoms with Crippen molar-refractivity contribution in [2.24, 2.45) is 0 Å². The van der Waals surface area contributed by atoms with Crippen molar-refractivity contribution in [2.45, 2.75) is 6.42 Å². The van der Waals surface area contributed by atoms with E-state index in [9.17, 15) is 18.4 Å². The Morgan fingerprint density at radius 1 is 1.12 bits per heavy atom. The predicted octanol–water partition coefficient (Wildman–Crippen LogP) is 3.18. The predicted molar refractivity (Wildman–Crippen MR) is 93.4 cm³/mol. The number of halogens is 2. The fraction of sp³-hybridized carbons (Fsp3) is 0.222. The summed E-state index contributed by atoms with van der Waals surface area (Å²) in [5, 5.41) is 14.5. The molecule has 8 heteroatoms. The number of ether oxygens (including phenoxy) is 1. The van der Waals surface area contributed by atoms with Gasteiger partial charge in [0.1, 0.15) is 5.82 Å². The molecule has 0 aliphatic heterocycles. The van der Waals surface area contributed by atoms with Crippen LogP contribution in [0.5, 0.6) is 5.75 Å². The highest BCUT2D eigenvalue weighted by molar-refractivity contribution is 5.94. The third kappa shape index (κ3) is 4.08. The zero-order valence-corrected chi connectivity index (χ0v) is 14.2. The van der Waals surface area contributed by atoms with Crippen LogP contribution in [0.2, 0.25) is 0 Å². The first-order valence-corrected chi connectivity index (χ1v) is 7.74. The fourth-order valence-electron chi connectivity index (χ4n) is 2.46. The first-order valence-electron chi connectivity index (χ1n) is 7.74. The second-order valence-electron chi connectivity index (χ2n) is 5.38. The molecule has 2 aromatic rings. The van der Waals surface area contributed by atoms with Gasteiger partial charge in [0.2, 0.25) is 0 Å². The van der Waals surface area contributed by atoms with E-state index in [1.54, 1.807) is 7.05 Å². The SMILES string of the molecule is CNc1cc(CCOc2cc(NC)c(C(=O)O)cc2F)c(F)cc1C=O. The van der Waals surface area contributed by atoms with Crippen molar-refractivity contribution in [3.8, 4) is 5.75 Å². The minimum Gasteiger partial charge on any atom is -0.490 e. The molecule has 2 rings (SSSR count). The van der Waals surface area contributed by atoms with Gasteiger partial charge in [-0.3, -0.25) is 4.79 Å². The number of hydrogen-bond donors (Lipinski definition) is 3. The molecule has 0 fully saturated rings. The molecule has 6 nitrogen and oxygen atoms in total. The molecular formula is C18H18F2N2O4. The van der Waals surface area contributed by atoms with Gasteiger partial charge >= 0.3 is 5.97 Å². The molecule has 0 atom stereocenters. The molecule has 0 aromatic heterocycles. The van der Waals surface area contributed by atoms with E-state index >= 15 is 0 Å². The van der Waals surface area contributed by atoms with Crippen LogP contribution in [-0.4, -0.2) is 38.1 Å². The monoisotopic (exact) mass is 364 g/mol. The van der Waals surface area contributed by atoms with Gasteiger partial charge in [0.25, 0.3) is 0 Å². The second-order valence-corrected chi connectivity index (χ2v) is 5.38. The Bertz CT molecular complexity index is 840. The summed E-state index contributed by atoms with van der Waals surface area (Å²) in [7, 11) is 3.12. The quantitative estimate of drug-likeness (QED) is 0.624. The number of nitrogens with one attached hydrogen (secondary N) is 2. The molecule has 0 aliphatic carbocycles. The number of anilines is 2. The van der Waals surface area contributed by atoms with E-state index in [0.29, 0.717) is 17.5 Å². The first kappa shape index (κ1) is 19.2. The number of carboxylic acid groups (broad SMARTS) is 1. The van der Waals surface area contributed by atoms with Gasteiger partial charge in [-0.2, -0.15) is 0 Å². The van der Waals surface area contributed by atoms with E-state index in [-0.39, 0.29) is 35.6 Å². The lowest BCUT2D eigenvalue weighted by Crippen LogP contribution is -2.08. The summed E-state index contributed by atoms with van der Waals surface area (Å²) < 4.78 is 33.4. The Morgan fingerprint density at radius 3 is 2.38 bits per heavy atom. The molecule has 0 spiro atoms. The lowest BCUT2D eigenvalue weighted by atomic mass is 10.1. The number of carbonyl (C=O) groups excluding carboxylic acids is 1. The van der Waals surface area contributed by atoms with Crippen LogP contribution in [-0.2, 0) is 6.42 Å². The second kappa shape index (κ2) is 8.28. The van der Waals surface area contributed by atoms with Crippen molar-refractivity contribution in [2.75, 3.05) is 31.3 Å². The van der Waals surface area contributed by atoms with Gasteiger partial charge in [0.15, 0.2) is 17.9 Å². The molecule has 0 radical (unpaired) electrons. The molecule has 0 saturated heterocycles. The summed E-state index contributed by atoms with van der Waals surface area (Å²) in [4.78, 5) is 22.0. The molecule has 2 aromatic carbocycles. The van der Waals surface area contributed by atoms with Crippen molar-refractivity contribution >= 4 is 23.6 Å². The largest absolute Gasteiger partial charge is 0.490 e. The van der Waals surface area contributed by atoms with Gasteiger partial charge < -0.3 is 20.5 Å². The third-order valence-electron chi connectivity index (χ3n) is 3.82. The Labute approximate surface area is 148 Å². The van der Waals surface area contributed by atoms with Crippen LogP contribution in [0.25, 0.3) is 0 Å². The summed E-state index contributed by atoms with van der Waals surface area (Å²) in [6.45, 7) is -0.0347. The Morgan fingerprint density at radius 2 is 1.81 bits per heavy atom. The zero-order chi connectivity index (χ0) is 19.3. The van der Waals surface area contributed by atoms with E-state index in [1.165, 1.54) is 19.2 Å². The summed E-state index contributed by atoms with van der Waals surface area (Å²) in [6, 6.07) is 4.71. The minimum absolute atomic E-state index is 0.0347. The van der Waals surface area contributed by atoms with Gasteiger partial charge in [-0.15, -0.1) is 0 Å². The van der Waals surface area contributed by atoms with Crippen molar-refractivity contribution in [1.82, 2.24) is 0 Å². The van der Waals surface area contributed by atoms with Gasteiger partial charge in [-0.05, 0) is 23.8 Å². The summed E-state index contributed by atoms with van der Waals surface area (Å²) >= 11 is 0. The molecule has 138 valence electrons. The maximum Gasteiger partial charge on any atom is 0.337 e. The minimum atomic E-state index is -1.27. The molecule has 0 amide bonds. The lowest BCUT2D eigenvalue weighted by molar-refractivity contribution is 0.0697. The number of hydrogen-bond acceptors (Lipinski definition) is 5. The van der Waals surface area contributed by atoms with Crippen LogP contribution < -0.4 is 15.4 Å². The summed E-state index contributed by atoms with van der Waals surface area (Å²) in [5.41, 5.74) is 0.963. The van der Waals surface area contributed by atoms with Gasteiger partial charge in [0.05, 0.1) is 17.9 Å². The molecule has 0 heterocycles. The van der Waals surface area contributed by atoms with E-state index < -0.39 is 17.6 Å². The maximum absolute atomic E-state index is 14.0. The van der Waals surface area contributed by atoms with Crippen LogP contribution >= 0.6 is 0 Å². The van der Waals surface area contributed by atoms with E-state index in [1.807, 2.05) is 0 Å². The molecule has 0 saturated carbocycles. The van der Waals surface area contributed by atoms with Crippen molar-refractivity contribution < 1.29 is 28.2 Å². The Balaban J connectivity index is 2.15. The smallest absolute Gasteiger partial charge is 0.337 e. The highest BCUT2D eigenvalue weighted by Gasteiger charge is 2.16. The normalized spacial score (nSPS) is 10.3. The van der Waals surface area contributed by atoms with Gasteiger partial charge in [-0.25, -0.2) is 13.6 Å². The number of carbonyl (C=O) groups is 2. The number of carboxylic acids is 1. The summed E-state index contributed by atoms with van der Waals surface area (Å²) in [5.74, 6) is -2.80. The number of rotatable bonds is 8. The highest BCUT2D eigenvalue weighted by Crippen LogP contribution is 2.27. The molecule has 3 N–H and O–H groups in total. The first-order chi connectivity index (χ1) is 12.4. The molecule has 0 bridgehead atoms. The van der Waals surface area contributed by atoms with Crippen molar-refractivity contribution in [3.63, 3.8) is 0 Å². The highest BCUT2D eigenvalue weighted by atomic mass is 19.1. The number of aldehydes is 1. The third-order valence-corrected chi connectivity index (χ3v) is 3.82. The topological polar surface area (TPSA) is 87.7 Å². The Kier molecular flexibility index (Phi) is 6.11. The van der Waals surface area contributed by atoms with Crippen molar-refractivity contribution in [3.05, 3.63) is 52.6 Å². The van der Waals surface area contributed by atoms with Crippen LogP contribution in [0.15, 0.2) is 24.3 Å². The Hall–Kier alpha value is -3.16. The van der Waals surface area contributed by atoms with Crippen LogP contribution in [0, 0.1) is 11.6 Å². The van der Waals surface area contributed by atoms with Gasteiger partial charge in [-0.1, -0.05) is 0 Å². The van der Waals surface area contributed by atoms with E-state index in [2.05, 4.69) is 10.6 Å². The van der Waals surface area contributed by atoms with Crippen LogP contribution in [0.1, 0.15) is 26.3 Å². The number of benzene rings is 2. The fourth-order valence-corrected chi connectivity index (χ4v) is 2.46. The molecular weight excluding hydrogens is 346 g/mol. The van der Waals surface area contributed by atoms with E-state index in [0.717, 1.165) is 12.1 Å². The lowest BCUT2D eigenvalue weighted by Gasteiger charge is -2.13. The average molecular weight is 364 g/mol. The number of aromatic carboxylic acids is 1. The zero-order valence-electron chi connectivity index (χ0n) is 14.2. The average Bonchev–Trinajstić information content (AvgIpc) is 2.63. The van der Waals surface area contributed by atoms with Gasteiger partial charge in [0, 0.05) is 37.8 Å². The molecule has 0 aliphatic rings. The van der Waals surface area contributed by atoms with E-state index in [4.69, 9.17) is 9.84 Å². The van der Waals surface area contributed by atoms with Crippen molar-refractivity contribution in [1.29, 1.82) is 0 Å². The van der Waals surface area contributed by atoms with Crippen LogP contribution in [0.4, 0.5) is 20.2 Å². The standard InChI is InChI=1S/C18H18F2N2O4/c1-21-15-6-10(13(19)5-11(15)9-23)3-4-26-17-8-16(22-2)12(18(24)25)7-14(17)20/h5-9,21-22H,3-4H2,1-2H3,(H,24,25). The maximum atomic E-state index is 14.0. The molecule has 0 unspecified atom stereocenters. The van der Waals surface area contributed by atoms with Crippen LogP contribution in [0.3, 0.4) is 0 Å².